The Balaban J connectivity index is 1.75. The van der Waals surface area contributed by atoms with Crippen LogP contribution < -0.4 is 14.8 Å². The molecule has 0 aliphatic rings. The number of amides is 1. The van der Waals surface area contributed by atoms with Crippen LogP contribution in [-0.4, -0.2) is 25.1 Å². The SMILES string of the molecule is COc1ccc(NC(=O)c2ccc(-c3csc(C)n3)cc2)cc1OC. The number of ether oxygens (including phenoxy) is 2. The van der Waals surface area contributed by atoms with Crippen molar-refractivity contribution in [2.24, 2.45) is 0 Å². The molecule has 0 aliphatic carbocycles. The normalized spacial score (nSPS) is 10.4. The molecule has 25 heavy (non-hydrogen) atoms. The van der Waals surface area contributed by atoms with E-state index < -0.39 is 0 Å². The summed E-state index contributed by atoms with van der Waals surface area (Å²) in [6.45, 7) is 1.97. The van der Waals surface area contributed by atoms with Gasteiger partial charge in [-0.2, -0.15) is 0 Å². The molecule has 0 saturated heterocycles. The number of nitrogens with zero attached hydrogens (tertiary/aromatic N) is 1. The van der Waals surface area contributed by atoms with E-state index in [1.807, 2.05) is 24.4 Å². The van der Waals surface area contributed by atoms with Gasteiger partial charge in [-0.25, -0.2) is 4.98 Å². The molecule has 0 bridgehead atoms. The number of hydrogen-bond acceptors (Lipinski definition) is 5. The Bertz CT molecular complexity index is 888. The minimum atomic E-state index is -0.187. The van der Waals surface area contributed by atoms with Gasteiger partial charge in [-0.3, -0.25) is 4.79 Å². The zero-order valence-corrected chi connectivity index (χ0v) is 15.0. The van der Waals surface area contributed by atoms with Crippen molar-refractivity contribution in [2.75, 3.05) is 19.5 Å². The highest BCUT2D eigenvalue weighted by Crippen LogP contribution is 2.30. The molecule has 0 fully saturated rings. The third-order valence-corrected chi connectivity index (χ3v) is 4.48. The maximum absolute atomic E-state index is 12.4. The molecule has 0 aliphatic heterocycles. The summed E-state index contributed by atoms with van der Waals surface area (Å²) in [7, 11) is 3.13. The zero-order valence-electron chi connectivity index (χ0n) is 14.2. The number of nitrogens with one attached hydrogen (secondary N) is 1. The second-order valence-electron chi connectivity index (χ2n) is 5.35. The first kappa shape index (κ1) is 17.0. The first-order valence-corrected chi connectivity index (χ1v) is 8.54. The highest BCUT2D eigenvalue weighted by molar-refractivity contribution is 7.09. The first-order chi connectivity index (χ1) is 12.1. The van der Waals surface area contributed by atoms with Crippen LogP contribution in [0.2, 0.25) is 0 Å². The van der Waals surface area contributed by atoms with Crippen molar-refractivity contribution in [3.63, 3.8) is 0 Å². The molecule has 6 heteroatoms. The molecule has 128 valence electrons. The number of aromatic nitrogens is 1. The second kappa shape index (κ2) is 7.36. The van der Waals surface area contributed by atoms with Crippen LogP contribution in [0.3, 0.4) is 0 Å². The predicted octanol–water partition coefficient (Wildman–Crippen LogP) is 4.39. The molecule has 2 aromatic carbocycles. The van der Waals surface area contributed by atoms with Crippen LogP contribution in [-0.2, 0) is 0 Å². The quantitative estimate of drug-likeness (QED) is 0.738. The highest BCUT2D eigenvalue weighted by atomic mass is 32.1. The smallest absolute Gasteiger partial charge is 0.255 e. The number of hydrogen-bond donors (Lipinski definition) is 1. The van der Waals surface area contributed by atoms with Crippen molar-refractivity contribution in [2.45, 2.75) is 6.92 Å². The largest absolute Gasteiger partial charge is 0.493 e. The number of rotatable bonds is 5. The number of anilines is 1. The number of aryl methyl sites for hydroxylation is 1. The Labute approximate surface area is 150 Å². The first-order valence-electron chi connectivity index (χ1n) is 7.66. The monoisotopic (exact) mass is 354 g/mol. The molecule has 1 amide bonds. The maximum atomic E-state index is 12.4. The molecule has 0 atom stereocenters. The van der Waals surface area contributed by atoms with E-state index in [9.17, 15) is 4.79 Å². The van der Waals surface area contributed by atoms with E-state index in [1.54, 1.807) is 55.9 Å². The molecule has 1 aromatic heterocycles. The van der Waals surface area contributed by atoms with E-state index >= 15 is 0 Å². The van der Waals surface area contributed by atoms with Gasteiger partial charge in [0.2, 0.25) is 0 Å². The topological polar surface area (TPSA) is 60.5 Å². The van der Waals surface area contributed by atoms with E-state index in [2.05, 4.69) is 10.3 Å². The van der Waals surface area contributed by atoms with Gasteiger partial charge in [0.25, 0.3) is 5.91 Å². The van der Waals surface area contributed by atoms with Crippen LogP contribution in [0.4, 0.5) is 5.69 Å². The van der Waals surface area contributed by atoms with Crippen molar-refractivity contribution in [3.8, 4) is 22.8 Å². The van der Waals surface area contributed by atoms with E-state index in [-0.39, 0.29) is 5.91 Å². The Hall–Kier alpha value is -2.86. The lowest BCUT2D eigenvalue weighted by atomic mass is 10.1. The van der Waals surface area contributed by atoms with Gasteiger partial charge in [0.05, 0.1) is 24.9 Å². The van der Waals surface area contributed by atoms with Gasteiger partial charge in [0.1, 0.15) is 0 Å². The summed E-state index contributed by atoms with van der Waals surface area (Å²) in [6.07, 6.45) is 0. The highest BCUT2D eigenvalue weighted by Gasteiger charge is 2.10. The van der Waals surface area contributed by atoms with Gasteiger partial charge in [-0.1, -0.05) is 12.1 Å². The van der Waals surface area contributed by atoms with E-state index in [0.29, 0.717) is 22.7 Å². The Morgan fingerprint density at radius 2 is 1.76 bits per heavy atom. The summed E-state index contributed by atoms with van der Waals surface area (Å²) in [4.78, 5) is 16.9. The molecular formula is C19H18N2O3S. The maximum Gasteiger partial charge on any atom is 0.255 e. The molecule has 1 heterocycles. The fourth-order valence-corrected chi connectivity index (χ4v) is 3.03. The van der Waals surface area contributed by atoms with E-state index in [0.717, 1.165) is 16.3 Å². The van der Waals surface area contributed by atoms with Crippen molar-refractivity contribution in [3.05, 3.63) is 58.4 Å². The lowest BCUT2D eigenvalue weighted by molar-refractivity contribution is 0.102. The van der Waals surface area contributed by atoms with Gasteiger partial charge < -0.3 is 14.8 Å². The third-order valence-electron chi connectivity index (χ3n) is 3.70. The molecule has 5 nitrogen and oxygen atoms in total. The summed E-state index contributed by atoms with van der Waals surface area (Å²) >= 11 is 1.61. The Morgan fingerprint density at radius 3 is 2.36 bits per heavy atom. The average molecular weight is 354 g/mol. The summed E-state index contributed by atoms with van der Waals surface area (Å²) in [5.41, 5.74) is 3.13. The summed E-state index contributed by atoms with van der Waals surface area (Å²) in [5.74, 6) is 0.992. The predicted molar refractivity (Wildman–Crippen MR) is 99.8 cm³/mol. The molecule has 1 N–H and O–H groups in total. The van der Waals surface area contributed by atoms with Gasteiger partial charge >= 0.3 is 0 Å². The van der Waals surface area contributed by atoms with Gasteiger partial charge in [0.15, 0.2) is 11.5 Å². The molecule has 3 rings (SSSR count). The number of carbonyl (C=O) groups excluding carboxylic acids is 1. The molecule has 0 radical (unpaired) electrons. The molecule has 0 unspecified atom stereocenters. The minimum absolute atomic E-state index is 0.187. The molecule has 3 aromatic rings. The van der Waals surface area contributed by atoms with Crippen LogP contribution in [0.1, 0.15) is 15.4 Å². The number of thiazole rings is 1. The van der Waals surface area contributed by atoms with Crippen molar-refractivity contribution in [1.29, 1.82) is 0 Å². The van der Waals surface area contributed by atoms with Crippen LogP contribution in [0.25, 0.3) is 11.3 Å². The zero-order chi connectivity index (χ0) is 17.8. The minimum Gasteiger partial charge on any atom is -0.493 e. The summed E-state index contributed by atoms with van der Waals surface area (Å²) in [6, 6.07) is 12.6. The van der Waals surface area contributed by atoms with Gasteiger partial charge in [0, 0.05) is 28.3 Å². The van der Waals surface area contributed by atoms with Crippen LogP contribution >= 0.6 is 11.3 Å². The van der Waals surface area contributed by atoms with E-state index in [4.69, 9.17) is 9.47 Å². The fourth-order valence-electron chi connectivity index (χ4n) is 2.41. The standard InChI is InChI=1S/C19H18N2O3S/c1-12-20-16(11-25-12)13-4-6-14(7-5-13)19(22)21-15-8-9-17(23-2)18(10-15)24-3/h4-11H,1-3H3,(H,21,22). The van der Waals surface area contributed by atoms with Crippen LogP contribution in [0.5, 0.6) is 11.5 Å². The van der Waals surface area contributed by atoms with Crippen molar-refractivity contribution < 1.29 is 14.3 Å². The lowest BCUT2D eigenvalue weighted by Crippen LogP contribution is -2.11. The Kier molecular flexibility index (Phi) is 5.00. The van der Waals surface area contributed by atoms with Crippen molar-refractivity contribution >= 4 is 22.9 Å². The molecule has 0 spiro atoms. The third kappa shape index (κ3) is 3.80. The fraction of sp³-hybridized carbons (Fsp3) is 0.158. The van der Waals surface area contributed by atoms with Crippen LogP contribution in [0, 0.1) is 6.92 Å². The van der Waals surface area contributed by atoms with Gasteiger partial charge in [-0.15, -0.1) is 11.3 Å². The summed E-state index contributed by atoms with van der Waals surface area (Å²) < 4.78 is 10.4. The number of carbonyl (C=O) groups is 1. The number of methoxy groups -OCH3 is 2. The molecular weight excluding hydrogens is 336 g/mol. The summed E-state index contributed by atoms with van der Waals surface area (Å²) in [5, 5.41) is 5.89. The van der Waals surface area contributed by atoms with Crippen molar-refractivity contribution in [1.82, 2.24) is 4.98 Å². The second-order valence-corrected chi connectivity index (χ2v) is 6.42. The van der Waals surface area contributed by atoms with E-state index in [1.165, 1.54) is 0 Å². The van der Waals surface area contributed by atoms with Crippen LogP contribution in [0.15, 0.2) is 47.8 Å². The average Bonchev–Trinajstić information content (AvgIpc) is 3.08. The molecule has 0 saturated carbocycles. The Morgan fingerprint density at radius 1 is 1.04 bits per heavy atom. The number of benzene rings is 2. The lowest BCUT2D eigenvalue weighted by Gasteiger charge is -2.10. The van der Waals surface area contributed by atoms with Gasteiger partial charge in [-0.05, 0) is 31.2 Å².